The molecule has 0 spiro atoms. The third-order valence-electron chi connectivity index (χ3n) is 3.47. The topological polar surface area (TPSA) is 17.1 Å². The smallest absolute Gasteiger partial charge is 0.193 e. The average Bonchev–Trinajstić information content (AvgIpc) is 2.47. The molecule has 3 aromatic rings. The molecule has 0 aliphatic rings. The van der Waals surface area contributed by atoms with Gasteiger partial charge < -0.3 is 0 Å². The number of rotatable bonds is 2. The number of ketones is 1. The van der Waals surface area contributed by atoms with Gasteiger partial charge in [-0.2, -0.15) is 0 Å². The van der Waals surface area contributed by atoms with Crippen LogP contribution >= 0.6 is 0 Å². The maximum Gasteiger partial charge on any atom is 0.193 e. The summed E-state index contributed by atoms with van der Waals surface area (Å²) in [6.45, 7) is 1.92. The van der Waals surface area contributed by atoms with Crippen LogP contribution in [0.1, 0.15) is 21.5 Å². The van der Waals surface area contributed by atoms with Crippen LogP contribution in [0.2, 0.25) is 0 Å². The number of hydrogen-bond acceptors (Lipinski definition) is 1. The van der Waals surface area contributed by atoms with Crippen molar-refractivity contribution in [1.29, 1.82) is 0 Å². The fourth-order valence-electron chi connectivity index (χ4n) is 2.43. The molecule has 0 aliphatic carbocycles. The van der Waals surface area contributed by atoms with Crippen LogP contribution in [0.4, 0.5) is 4.39 Å². The molecular weight excluding hydrogens is 251 g/mol. The van der Waals surface area contributed by atoms with Crippen LogP contribution in [-0.4, -0.2) is 5.78 Å². The van der Waals surface area contributed by atoms with Crippen molar-refractivity contribution >= 4 is 16.6 Å². The van der Waals surface area contributed by atoms with Crippen molar-refractivity contribution in [3.63, 3.8) is 0 Å². The second-order valence-electron chi connectivity index (χ2n) is 4.81. The summed E-state index contributed by atoms with van der Waals surface area (Å²) in [5.74, 6) is -0.407. The van der Waals surface area contributed by atoms with Crippen molar-refractivity contribution in [2.24, 2.45) is 0 Å². The first-order chi connectivity index (χ1) is 9.66. The predicted molar refractivity (Wildman–Crippen MR) is 78.5 cm³/mol. The first-order valence-corrected chi connectivity index (χ1v) is 6.45. The number of hydrogen-bond donors (Lipinski definition) is 0. The minimum Gasteiger partial charge on any atom is -0.289 e. The Morgan fingerprint density at radius 3 is 2.35 bits per heavy atom. The molecule has 3 rings (SSSR count). The zero-order chi connectivity index (χ0) is 14.1. The van der Waals surface area contributed by atoms with Crippen molar-refractivity contribution in [2.75, 3.05) is 0 Å². The Hall–Kier alpha value is -2.48. The molecule has 1 nitrogen and oxygen atoms in total. The number of fused-ring (bicyclic) bond motifs is 1. The molecule has 0 saturated heterocycles. The third kappa shape index (κ3) is 2.10. The van der Waals surface area contributed by atoms with Crippen LogP contribution in [-0.2, 0) is 0 Å². The number of aryl methyl sites for hydroxylation is 1. The highest BCUT2D eigenvalue weighted by Gasteiger charge is 2.15. The van der Waals surface area contributed by atoms with E-state index in [1.165, 1.54) is 24.3 Å². The molecule has 3 aromatic carbocycles. The lowest BCUT2D eigenvalue weighted by molar-refractivity contribution is 0.103. The summed E-state index contributed by atoms with van der Waals surface area (Å²) in [6, 6.07) is 17.4. The summed E-state index contributed by atoms with van der Waals surface area (Å²) in [5.41, 5.74) is 2.12. The Balaban J connectivity index is 2.21. The van der Waals surface area contributed by atoms with Crippen molar-refractivity contribution < 1.29 is 9.18 Å². The summed E-state index contributed by atoms with van der Waals surface area (Å²) in [5, 5.41) is 1.96. The van der Waals surface area contributed by atoms with Crippen LogP contribution in [0, 0.1) is 12.7 Å². The molecule has 0 amide bonds. The van der Waals surface area contributed by atoms with Crippen LogP contribution in [0.5, 0.6) is 0 Å². The second-order valence-corrected chi connectivity index (χ2v) is 4.81. The lowest BCUT2D eigenvalue weighted by Crippen LogP contribution is -2.04. The minimum absolute atomic E-state index is 0.0701. The zero-order valence-corrected chi connectivity index (χ0v) is 11.1. The van der Waals surface area contributed by atoms with Gasteiger partial charge in [0.25, 0.3) is 0 Å². The van der Waals surface area contributed by atoms with Gasteiger partial charge in [0.05, 0.1) is 0 Å². The molecule has 0 bridgehead atoms. The van der Waals surface area contributed by atoms with Crippen LogP contribution in [0.25, 0.3) is 10.8 Å². The fraction of sp³-hybridized carbons (Fsp3) is 0.0556. The average molecular weight is 264 g/mol. The van der Waals surface area contributed by atoms with E-state index < -0.39 is 0 Å². The summed E-state index contributed by atoms with van der Waals surface area (Å²) in [7, 11) is 0. The Bertz CT molecular complexity index is 788. The van der Waals surface area contributed by atoms with Crippen molar-refractivity contribution in [3.05, 3.63) is 83.2 Å². The first-order valence-electron chi connectivity index (χ1n) is 6.45. The van der Waals surface area contributed by atoms with E-state index in [1.807, 2.05) is 43.3 Å². The molecule has 0 atom stereocenters. The van der Waals surface area contributed by atoms with Crippen LogP contribution in [0.3, 0.4) is 0 Å². The number of benzene rings is 3. The summed E-state index contributed by atoms with van der Waals surface area (Å²) in [4.78, 5) is 12.7. The van der Waals surface area contributed by atoms with E-state index in [2.05, 4.69) is 0 Å². The Kier molecular flexibility index (Phi) is 3.07. The van der Waals surface area contributed by atoms with Gasteiger partial charge in [-0.25, -0.2) is 4.39 Å². The van der Waals surface area contributed by atoms with Gasteiger partial charge in [0.1, 0.15) is 5.82 Å². The van der Waals surface area contributed by atoms with Crippen molar-refractivity contribution in [1.82, 2.24) is 0 Å². The molecule has 0 saturated carbocycles. The number of halogens is 1. The molecule has 0 aromatic heterocycles. The van der Waals surface area contributed by atoms with E-state index in [-0.39, 0.29) is 11.6 Å². The van der Waals surface area contributed by atoms with Gasteiger partial charge >= 0.3 is 0 Å². The molecule has 20 heavy (non-hydrogen) atoms. The van der Waals surface area contributed by atoms with Crippen LogP contribution < -0.4 is 0 Å². The highest BCUT2D eigenvalue weighted by atomic mass is 19.1. The molecule has 98 valence electrons. The van der Waals surface area contributed by atoms with E-state index >= 15 is 0 Å². The van der Waals surface area contributed by atoms with Gasteiger partial charge in [0.15, 0.2) is 5.78 Å². The standard InChI is InChI=1S/C18H13FO/c1-12-6-7-13-4-2-3-5-16(13)17(12)18(20)14-8-10-15(19)11-9-14/h2-11H,1H3. The summed E-state index contributed by atoms with van der Waals surface area (Å²) in [6.07, 6.45) is 0. The molecule has 0 fully saturated rings. The van der Waals surface area contributed by atoms with Gasteiger partial charge in [-0.05, 0) is 47.5 Å². The van der Waals surface area contributed by atoms with Gasteiger partial charge in [0, 0.05) is 11.1 Å². The summed E-state index contributed by atoms with van der Waals surface area (Å²) < 4.78 is 13.0. The fourth-order valence-corrected chi connectivity index (χ4v) is 2.43. The van der Waals surface area contributed by atoms with E-state index in [1.54, 1.807) is 0 Å². The van der Waals surface area contributed by atoms with E-state index in [4.69, 9.17) is 0 Å². The maximum atomic E-state index is 13.0. The Morgan fingerprint density at radius 1 is 0.900 bits per heavy atom. The first kappa shape index (κ1) is 12.5. The quantitative estimate of drug-likeness (QED) is 0.622. The number of carbonyl (C=O) groups is 1. The largest absolute Gasteiger partial charge is 0.289 e. The van der Waals surface area contributed by atoms with Gasteiger partial charge in [-0.1, -0.05) is 36.4 Å². The second kappa shape index (κ2) is 4.89. The maximum absolute atomic E-state index is 13.0. The van der Waals surface area contributed by atoms with E-state index in [0.29, 0.717) is 11.1 Å². The van der Waals surface area contributed by atoms with Crippen molar-refractivity contribution in [2.45, 2.75) is 6.92 Å². The van der Waals surface area contributed by atoms with E-state index in [0.717, 1.165) is 16.3 Å². The normalized spacial score (nSPS) is 10.7. The molecule has 0 unspecified atom stereocenters. The molecular formula is C18H13FO. The highest BCUT2D eigenvalue weighted by molar-refractivity contribution is 6.17. The third-order valence-corrected chi connectivity index (χ3v) is 3.47. The molecule has 2 heteroatoms. The Labute approximate surface area is 116 Å². The SMILES string of the molecule is Cc1ccc2ccccc2c1C(=O)c1ccc(F)cc1. The van der Waals surface area contributed by atoms with E-state index in [9.17, 15) is 9.18 Å². The van der Waals surface area contributed by atoms with Gasteiger partial charge in [0.2, 0.25) is 0 Å². The molecule has 0 radical (unpaired) electrons. The Morgan fingerprint density at radius 2 is 1.60 bits per heavy atom. The molecule has 0 heterocycles. The zero-order valence-electron chi connectivity index (χ0n) is 11.1. The monoisotopic (exact) mass is 264 g/mol. The minimum atomic E-state index is -0.337. The highest BCUT2D eigenvalue weighted by Crippen LogP contribution is 2.24. The lowest BCUT2D eigenvalue weighted by atomic mass is 9.93. The molecule has 0 N–H and O–H groups in total. The number of carbonyl (C=O) groups excluding carboxylic acids is 1. The lowest BCUT2D eigenvalue weighted by Gasteiger charge is -2.09. The van der Waals surface area contributed by atoms with Crippen LogP contribution in [0.15, 0.2) is 60.7 Å². The van der Waals surface area contributed by atoms with Gasteiger partial charge in [-0.15, -0.1) is 0 Å². The van der Waals surface area contributed by atoms with Crippen molar-refractivity contribution in [3.8, 4) is 0 Å². The van der Waals surface area contributed by atoms with Gasteiger partial charge in [-0.3, -0.25) is 4.79 Å². The molecule has 0 aliphatic heterocycles. The predicted octanol–water partition coefficient (Wildman–Crippen LogP) is 4.52. The summed E-state index contributed by atoms with van der Waals surface area (Å²) >= 11 is 0.